The number of hydrogen-bond acceptors (Lipinski definition) is 5. The van der Waals surface area contributed by atoms with E-state index in [-0.39, 0.29) is 18.4 Å². The highest BCUT2D eigenvalue weighted by atomic mass is 16.5. The van der Waals surface area contributed by atoms with Gasteiger partial charge in [0.2, 0.25) is 11.8 Å². The molecule has 1 heterocycles. The molecular weight excluding hydrogens is 362 g/mol. The number of rotatable bonds is 4. The molecular formula is C20H27N3O5. The van der Waals surface area contributed by atoms with Crippen LogP contribution in [0.25, 0.3) is 0 Å². The van der Waals surface area contributed by atoms with E-state index in [2.05, 4.69) is 22.2 Å². The third kappa shape index (κ3) is 4.44. The van der Waals surface area contributed by atoms with Gasteiger partial charge in [-0.1, -0.05) is 30.3 Å². The minimum Gasteiger partial charge on any atom is -0.453 e. The molecule has 1 saturated carbocycles. The van der Waals surface area contributed by atoms with Gasteiger partial charge in [0, 0.05) is 31.0 Å². The minimum absolute atomic E-state index is 0.0523. The van der Waals surface area contributed by atoms with Crippen molar-refractivity contribution in [2.75, 3.05) is 20.2 Å². The molecule has 3 amide bonds. The first-order valence-electron chi connectivity index (χ1n) is 9.65. The molecule has 2 fully saturated rings. The van der Waals surface area contributed by atoms with Gasteiger partial charge in [-0.05, 0) is 31.2 Å². The molecule has 0 aromatic heterocycles. The van der Waals surface area contributed by atoms with Crippen LogP contribution in [0.3, 0.4) is 0 Å². The fourth-order valence-electron chi connectivity index (χ4n) is 4.39. The maximum Gasteiger partial charge on any atom is 0.407 e. The fourth-order valence-corrected chi connectivity index (χ4v) is 4.39. The summed E-state index contributed by atoms with van der Waals surface area (Å²) < 4.78 is 4.61. The molecule has 0 spiro atoms. The number of ether oxygens (including phenoxy) is 1. The van der Waals surface area contributed by atoms with Crippen molar-refractivity contribution < 1.29 is 24.3 Å². The maximum absolute atomic E-state index is 13.1. The van der Waals surface area contributed by atoms with E-state index in [9.17, 15) is 14.4 Å². The van der Waals surface area contributed by atoms with Crippen molar-refractivity contribution in [3.05, 3.63) is 35.9 Å². The van der Waals surface area contributed by atoms with Gasteiger partial charge in [-0.3, -0.25) is 14.8 Å². The summed E-state index contributed by atoms with van der Waals surface area (Å²) in [7, 11) is 1.28. The highest BCUT2D eigenvalue weighted by molar-refractivity contribution is 5.87. The van der Waals surface area contributed by atoms with E-state index in [1.807, 2.05) is 23.1 Å². The standard InChI is InChI=1S/C20H27N3O5/c1-28-20(26)21-15-7-8-16(17(11-15)18(24)22-27)19(25)23-10-9-14(12-23)13-5-3-2-4-6-13/h2-6,14-17,27H,7-12H2,1H3,(H,21,26)(H,22,24)/t14-,15+,16-,17-/m0/s1. The van der Waals surface area contributed by atoms with Crippen LogP contribution in [-0.2, 0) is 14.3 Å². The van der Waals surface area contributed by atoms with E-state index in [1.54, 1.807) is 5.48 Å². The first-order valence-corrected chi connectivity index (χ1v) is 9.65. The summed E-state index contributed by atoms with van der Waals surface area (Å²) in [6.45, 7) is 1.29. The summed E-state index contributed by atoms with van der Waals surface area (Å²) in [5.41, 5.74) is 2.90. The van der Waals surface area contributed by atoms with Gasteiger partial charge in [0.1, 0.15) is 0 Å². The predicted molar refractivity (Wildman–Crippen MR) is 100 cm³/mol. The Morgan fingerprint density at radius 3 is 2.54 bits per heavy atom. The second-order valence-electron chi connectivity index (χ2n) is 7.52. The Morgan fingerprint density at radius 2 is 1.86 bits per heavy atom. The monoisotopic (exact) mass is 389 g/mol. The average molecular weight is 389 g/mol. The molecule has 0 radical (unpaired) electrons. The summed E-state index contributed by atoms with van der Waals surface area (Å²) in [5.74, 6) is -1.54. The lowest BCUT2D eigenvalue weighted by Crippen LogP contribution is -2.49. The molecule has 8 nitrogen and oxygen atoms in total. The van der Waals surface area contributed by atoms with Gasteiger partial charge in [-0.25, -0.2) is 10.3 Å². The molecule has 1 aromatic rings. The first-order chi connectivity index (χ1) is 13.5. The molecule has 3 rings (SSSR count). The number of amides is 3. The molecule has 28 heavy (non-hydrogen) atoms. The van der Waals surface area contributed by atoms with Crippen LogP contribution in [-0.4, -0.2) is 54.3 Å². The van der Waals surface area contributed by atoms with E-state index in [0.29, 0.717) is 31.8 Å². The molecule has 4 atom stereocenters. The molecule has 152 valence electrons. The summed E-state index contributed by atoms with van der Waals surface area (Å²) in [4.78, 5) is 38.6. The summed E-state index contributed by atoms with van der Waals surface area (Å²) >= 11 is 0. The second-order valence-corrected chi connectivity index (χ2v) is 7.52. The number of carbonyl (C=O) groups excluding carboxylic acids is 3. The summed E-state index contributed by atoms with van der Waals surface area (Å²) in [6, 6.07) is 9.85. The molecule has 0 unspecified atom stereocenters. The first kappa shape index (κ1) is 20.1. The van der Waals surface area contributed by atoms with E-state index in [4.69, 9.17) is 5.21 Å². The minimum atomic E-state index is -0.691. The van der Waals surface area contributed by atoms with Crippen LogP contribution in [0.4, 0.5) is 4.79 Å². The van der Waals surface area contributed by atoms with E-state index >= 15 is 0 Å². The van der Waals surface area contributed by atoms with Crippen LogP contribution >= 0.6 is 0 Å². The molecule has 1 aromatic carbocycles. The zero-order valence-corrected chi connectivity index (χ0v) is 16.0. The number of alkyl carbamates (subject to hydrolysis) is 1. The Morgan fingerprint density at radius 1 is 1.11 bits per heavy atom. The number of nitrogens with zero attached hydrogens (tertiary/aromatic N) is 1. The molecule has 1 aliphatic heterocycles. The van der Waals surface area contributed by atoms with Crippen molar-refractivity contribution in [1.29, 1.82) is 0 Å². The van der Waals surface area contributed by atoms with E-state index in [1.165, 1.54) is 12.7 Å². The topological polar surface area (TPSA) is 108 Å². The normalized spacial score (nSPS) is 27.1. The summed E-state index contributed by atoms with van der Waals surface area (Å²) in [6.07, 6.45) is 1.66. The fraction of sp³-hybridized carbons (Fsp3) is 0.550. The third-order valence-electron chi connectivity index (χ3n) is 5.89. The predicted octanol–water partition coefficient (Wildman–Crippen LogP) is 1.65. The second kappa shape index (κ2) is 9.05. The molecule has 3 N–H and O–H groups in total. The zero-order valence-electron chi connectivity index (χ0n) is 16.0. The molecule has 1 aliphatic carbocycles. The quantitative estimate of drug-likeness (QED) is 0.536. The van der Waals surface area contributed by atoms with Crippen molar-refractivity contribution in [3.63, 3.8) is 0 Å². The van der Waals surface area contributed by atoms with Crippen LogP contribution in [0.1, 0.15) is 37.2 Å². The Hall–Kier alpha value is -2.61. The van der Waals surface area contributed by atoms with Crippen LogP contribution < -0.4 is 10.8 Å². The van der Waals surface area contributed by atoms with Gasteiger partial charge >= 0.3 is 6.09 Å². The number of hydrogen-bond donors (Lipinski definition) is 3. The zero-order chi connectivity index (χ0) is 20.1. The van der Waals surface area contributed by atoms with Crippen molar-refractivity contribution in [1.82, 2.24) is 15.7 Å². The smallest absolute Gasteiger partial charge is 0.407 e. The Balaban J connectivity index is 1.66. The number of likely N-dealkylation sites (tertiary alicyclic amines) is 1. The van der Waals surface area contributed by atoms with Crippen LogP contribution in [0.2, 0.25) is 0 Å². The van der Waals surface area contributed by atoms with Crippen molar-refractivity contribution >= 4 is 17.9 Å². The van der Waals surface area contributed by atoms with Crippen molar-refractivity contribution in [2.24, 2.45) is 11.8 Å². The highest BCUT2D eigenvalue weighted by Crippen LogP contribution is 2.35. The number of nitrogens with one attached hydrogen (secondary N) is 2. The Labute approximate surface area is 164 Å². The molecule has 8 heteroatoms. The largest absolute Gasteiger partial charge is 0.453 e. The molecule has 1 saturated heterocycles. The highest BCUT2D eigenvalue weighted by Gasteiger charge is 2.42. The van der Waals surface area contributed by atoms with E-state index < -0.39 is 23.8 Å². The van der Waals surface area contributed by atoms with Crippen LogP contribution in [0.5, 0.6) is 0 Å². The Kier molecular flexibility index (Phi) is 6.51. The molecule has 2 aliphatic rings. The molecule has 0 bridgehead atoms. The van der Waals surface area contributed by atoms with Crippen LogP contribution in [0, 0.1) is 11.8 Å². The Bertz CT molecular complexity index is 711. The summed E-state index contributed by atoms with van der Waals surface area (Å²) in [5, 5.41) is 11.8. The number of hydroxylamine groups is 1. The van der Waals surface area contributed by atoms with Crippen LogP contribution in [0.15, 0.2) is 30.3 Å². The van der Waals surface area contributed by atoms with E-state index in [0.717, 1.165) is 6.42 Å². The van der Waals surface area contributed by atoms with Gasteiger partial charge in [0.15, 0.2) is 0 Å². The lowest BCUT2D eigenvalue weighted by Gasteiger charge is -2.36. The van der Waals surface area contributed by atoms with Crippen molar-refractivity contribution in [2.45, 2.75) is 37.6 Å². The van der Waals surface area contributed by atoms with Gasteiger partial charge in [-0.2, -0.15) is 0 Å². The average Bonchev–Trinajstić information content (AvgIpc) is 3.23. The SMILES string of the molecule is COC(=O)N[C@@H]1CC[C@H](C(=O)N2CC[C@H](c3ccccc3)C2)[C@@H](C(=O)NO)C1. The van der Waals surface area contributed by atoms with Gasteiger partial charge < -0.3 is 15.0 Å². The van der Waals surface area contributed by atoms with Gasteiger partial charge in [0.05, 0.1) is 13.0 Å². The lowest BCUT2D eigenvalue weighted by molar-refractivity contribution is -0.146. The number of benzene rings is 1. The third-order valence-corrected chi connectivity index (χ3v) is 5.89. The van der Waals surface area contributed by atoms with Gasteiger partial charge in [0.25, 0.3) is 0 Å². The van der Waals surface area contributed by atoms with Gasteiger partial charge in [-0.15, -0.1) is 0 Å². The number of methoxy groups -OCH3 is 1. The van der Waals surface area contributed by atoms with Crippen molar-refractivity contribution in [3.8, 4) is 0 Å². The maximum atomic E-state index is 13.1. The lowest BCUT2D eigenvalue weighted by atomic mass is 9.75. The number of carbonyl (C=O) groups is 3.